The molecular formula is C26H21NO5S. The van der Waals surface area contributed by atoms with E-state index in [1.807, 2.05) is 60.7 Å². The predicted molar refractivity (Wildman–Crippen MR) is 129 cm³/mol. The summed E-state index contributed by atoms with van der Waals surface area (Å²) in [6.07, 6.45) is 0.706. The van der Waals surface area contributed by atoms with E-state index >= 15 is 0 Å². The Labute approximate surface area is 194 Å². The van der Waals surface area contributed by atoms with E-state index in [-0.39, 0.29) is 11.2 Å². The lowest BCUT2D eigenvalue weighted by atomic mass is 10.1. The van der Waals surface area contributed by atoms with Crippen LogP contribution >= 0.6 is 11.8 Å². The van der Waals surface area contributed by atoms with Crippen LogP contribution in [0.15, 0.2) is 91.6 Å². The van der Waals surface area contributed by atoms with Crippen LogP contribution in [0.2, 0.25) is 0 Å². The van der Waals surface area contributed by atoms with Gasteiger partial charge in [-0.05, 0) is 55.0 Å². The summed E-state index contributed by atoms with van der Waals surface area (Å²) in [4.78, 5) is 17.7. The monoisotopic (exact) mass is 459 g/mol. The maximum Gasteiger partial charge on any atom is 0.256 e. The van der Waals surface area contributed by atoms with Gasteiger partial charge in [-0.3, -0.25) is 4.79 Å². The van der Waals surface area contributed by atoms with Crippen molar-refractivity contribution in [1.29, 1.82) is 0 Å². The van der Waals surface area contributed by atoms with Gasteiger partial charge in [0, 0.05) is 11.3 Å². The summed E-state index contributed by atoms with van der Waals surface area (Å²) >= 11 is 1.52. The third-order valence-corrected chi connectivity index (χ3v) is 6.06. The molecule has 3 aromatic carbocycles. The SMILES string of the molecule is COc1ccc(-c2oc3ccccc3c(=O)c2OCCCSc2nc3ccccc3o2)cc1. The van der Waals surface area contributed by atoms with Gasteiger partial charge in [0.25, 0.3) is 5.22 Å². The van der Waals surface area contributed by atoms with E-state index < -0.39 is 0 Å². The van der Waals surface area contributed by atoms with Gasteiger partial charge in [0.05, 0.1) is 19.1 Å². The molecular weight excluding hydrogens is 438 g/mol. The molecule has 0 aliphatic carbocycles. The van der Waals surface area contributed by atoms with Crippen molar-refractivity contribution in [3.8, 4) is 22.8 Å². The van der Waals surface area contributed by atoms with Crippen LogP contribution in [0.4, 0.5) is 0 Å². The fraction of sp³-hybridized carbons (Fsp3) is 0.154. The zero-order valence-electron chi connectivity index (χ0n) is 17.9. The number of fused-ring (bicyclic) bond motifs is 2. The molecule has 0 saturated carbocycles. The summed E-state index contributed by atoms with van der Waals surface area (Å²) < 4.78 is 23.0. The highest BCUT2D eigenvalue weighted by Gasteiger charge is 2.18. The molecule has 2 aromatic heterocycles. The van der Waals surface area contributed by atoms with Crippen LogP contribution in [0.1, 0.15) is 6.42 Å². The van der Waals surface area contributed by atoms with E-state index in [0.717, 1.165) is 28.2 Å². The van der Waals surface area contributed by atoms with Crippen LogP contribution in [-0.4, -0.2) is 24.5 Å². The van der Waals surface area contributed by atoms with Crippen LogP contribution in [-0.2, 0) is 0 Å². The first kappa shape index (κ1) is 21.2. The maximum absolute atomic E-state index is 13.2. The normalized spacial score (nSPS) is 11.2. The summed E-state index contributed by atoms with van der Waals surface area (Å²) in [5, 5.41) is 1.12. The number of nitrogens with zero attached hydrogens (tertiary/aromatic N) is 1. The average molecular weight is 460 g/mol. The van der Waals surface area contributed by atoms with Crippen molar-refractivity contribution in [2.75, 3.05) is 19.5 Å². The third-order valence-electron chi connectivity index (χ3n) is 5.14. The Morgan fingerprint density at radius 2 is 1.67 bits per heavy atom. The Hall–Kier alpha value is -3.71. The number of benzene rings is 3. The van der Waals surface area contributed by atoms with E-state index in [1.54, 1.807) is 19.2 Å². The van der Waals surface area contributed by atoms with E-state index in [2.05, 4.69) is 4.98 Å². The van der Waals surface area contributed by atoms with Gasteiger partial charge in [-0.15, -0.1) is 0 Å². The number of ether oxygens (including phenoxy) is 2. The van der Waals surface area contributed by atoms with Crippen molar-refractivity contribution >= 4 is 33.8 Å². The van der Waals surface area contributed by atoms with Gasteiger partial charge in [-0.1, -0.05) is 36.0 Å². The van der Waals surface area contributed by atoms with Crippen LogP contribution in [0.5, 0.6) is 11.5 Å². The molecule has 0 radical (unpaired) electrons. The molecule has 0 amide bonds. The lowest BCUT2D eigenvalue weighted by molar-refractivity contribution is 0.310. The van der Waals surface area contributed by atoms with Crippen molar-refractivity contribution in [3.05, 3.63) is 83.0 Å². The lowest BCUT2D eigenvalue weighted by Gasteiger charge is -2.12. The van der Waals surface area contributed by atoms with Crippen molar-refractivity contribution in [2.24, 2.45) is 0 Å². The highest BCUT2D eigenvalue weighted by atomic mass is 32.2. The molecule has 0 aliphatic heterocycles. The molecule has 0 N–H and O–H groups in total. The fourth-order valence-corrected chi connectivity index (χ4v) is 4.24. The van der Waals surface area contributed by atoms with Crippen LogP contribution in [0.3, 0.4) is 0 Å². The predicted octanol–water partition coefficient (Wildman–Crippen LogP) is 6.17. The summed E-state index contributed by atoms with van der Waals surface area (Å²) in [5.41, 5.74) is 2.69. The molecule has 166 valence electrons. The van der Waals surface area contributed by atoms with Crippen molar-refractivity contribution in [1.82, 2.24) is 4.98 Å². The van der Waals surface area contributed by atoms with Crippen molar-refractivity contribution in [3.63, 3.8) is 0 Å². The molecule has 0 aliphatic rings. The van der Waals surface area contributed by atoms with Crippen LogP contribution < -0.4 is 14.9 Å². The average Bonchev–Trinajstić information content (AvgIpc) is 3.28. The fourth-order valence-electron chi connectivity index (χ4n) is 3.49. The highest BCUT2D eigenvalue weighted by Crippen LogP contribution is 2.32. The summed E-state index contributed by atoms with van der Waals surface area (Å²) in [5.74, 6) is 2.09. The molecule has 0 atom stereocenters. The van der Waals surface area contributed by atoms with Gasteiger partial charge in [-0.25, -0.2) is 4.98 Å². The van der Waals surface area contributed by atoms with E-state index in [1.165, 1.54) is 11.8 Å². The zero-order chi connectivity index (χ0) is 22.6. The quantitative estimate of drug-likeness (QED) is 0.203. The minimum Gasteiger partial charge on any atom is -0.497 e. The van der Waals surface area contributed by atoms with Crippen LogP contribution in [0.25, 0.3) is 33.4 Å². The minimum absolute atomic E-state index is 0.186. The second-order valence-corrected chi connectivity index (χ2v) is 8.36. The molecule has 0 spiro atoms. The Bertz CT molecular complexity index is 1420. The first-order chi connectivity index (χ1) is 16.2. The zero-order valence-corrected chi connectivity index (χ0v) is 18.8. The van der Waals surface area contributed by atoms with E-state index in [9.17, 15) is 4.79 Å². The number of oxazole rings is 1. The van der Waals surface area contributed by atoms with Gasteiger partial charge in [0.2, 0.25) is 11.2 Å². The van der Waals surface area contributed by atoms with Gasteiger partial charge >= 0.3 is 0 Å². The minimum atomic E-state index is -0.186. The van der Waals surface area contributed by atoms with Gasteiger partial charge in [0.15, 0.2) is 11.3 Å². The Morgan fingerprint density at radius 3 is 2.45 bits per heavy atom. The van der Waals surface area contributed by atoms with Gasteiger partial charge in [0.1, 0.15) is 16.8 Å². The Morgan fingerprint density at radius 1 is 0.909 bits per heavy atom. The number of thioether (sulfide) groups is 1. The molecule has 7 heteroatoms. The number of rotatable bonds is 8. The molecule has 5 aromatic rings. The van der Waals surface area contributed by atoms with E-state index in [0.29, 0.717) is 35.0 Å². The van der Waals surface area contributed by atoms with Gasteiger partial charge in [-0.2, -0.15) is 0 Å². The number of hydrogen-bond donors (Lipinski definition) is 0. The number of methoxy groups -OCH3 is 1. The molecule has 0 fully saturated rings. The molecule has 0 saturated heterocycles. The maximum atomic E-state index is 13.2. The summed E-state index contributed by atoms with van der Waals surface area (Å²) in [6.45, 7) is 0.361. The summed E-state index contributed by atoms with van der Waals surface area (Å²) in [6, 6.07) is 22.2. The molecule has 5 rings (SSSR count). The molecule has 2 heterocycles. The standard InChI is InChI=1S/C26H21NO5S/c1-29-18-13-11-17(12-14-18)24-25(23(28)19-7-2-4-9-21(19)31-24)30-15-6-16-33-26-27-20-8-3-5-10-22(20)32-26/h2-5,7-14H,6,15-16H2,1H3. The Balaban J connectivity index is 1.33. The van der Waals surface area contributed by atoms with Gasteiger partial charge < -0.3 is 18.3 Å². The number of hydrogen-bond acceptors (Lipinski definition) is 7. The molecule has 6 nitrogen and oxygen atoms in total. The van der Waals surface area contributed by atoms with Crippen molar-refractivity contribution in [2.45, 2.75) is 11.6 Å². The molecule has 0 unspecified atom stereocenters. The first-order valence-electron chi connectivity index (χ1n) is 10.5. The highest BCUT2D eigenvalue weighted by molar-refractivity contribution is 7.99. The second-order valence-electron chi connectivity index (χ2n) is 7.31. The first-order valence-corrected chi connectivity index (χ1v) is 11.5. The molecule has 0 bridgehead atoms. The van der Waals surface area contributed by atoms with E-state index in [4.69, 9.17) is 18.3 Å². The molecule has 33 heavy (non-hydrogen) atoms. The lowest BCUT2D eigenvalue weighted by Crippen LogP contribution is -2.11. The van der Waals surface area contributed by atoms with Crippen molar-refractivity contribution < 1.29 is 18.3 Å². The largest absolute Gasteiger partial charge is 0.497 e. The number of para-hydroxylation sites is 3. The van der Waals surface area contributed by atoms with Crippen LogP contribution in [0, 0.1) is 0 Å². The second kappa shape index (κ2) is 9.42. The summed E-state index contributed by atoms with van der Waals surface area (Å²) in [7, 11) is 1.61. The smallest absolute Gasteiger partial charge is 0.256 e. The topological polar surface area (TPSA) is 74.7 Å². The Kier molecular flexibility index (Phi) is 6.04. The third kappa shape index (κ3) is 4.45. The number of aromatic nitrogens is 1.